The van der Waals surface area contributed by atoms with E-state index in [2.05, 4.69) is 17.2 Å². The van der Waals surface area contributed by atoms with Crippen LogP contribution in [0.15, 0.2) is 91.0 Å². The Morgan fingerprint density at radius 3 is 2.42 bits per heavy atom. The minimum absolute atomic E-state index is 0.0495. The van der Waals surface area contributed by atoms with Crippen LogP contribution in [0, 0.1) is 12.7 Å². The maximum atomic E-state index is 14.4. The number of nitrogens with one attached hydrogen (secondary N) is 2. The van der Waals surface area contributed by atoms with E-state index in [-0.39, 0.29) is 17.8 Å². The van der Waals surface area contributed by atoms with Gasteiger partial charge in [-0.1, -0.05) is 61.9 Å². The van der Waals surface area contributed by atoms with Gasteiger partial charge in [0.2, 0.25) is 0 Å². The van der Waals surface area contributed by atoms with Crippen LogP contribution in [0.1, 0.15) is 47.3 Å². The molecule has 4 nitrogen and oxygen atoms in total. The van der Waals surface area contributed by atoms with Gasteiger partial charge in [-0.2, -0.15) is 0 Å². The average Bonchev–Trinajstić information content (AvgIpc) is 3.33. The first-order valence-electron chi connectivity index (χ1n) is 12.2. The van der Waals surface area contributed by atoms with Crippen LogP contribution >= 0.6 is 0 Å². The smallest absolute Gasteiger partial charge is 0.251 e. The molecule has 0 saturated carbocycles. The zero-order chi connectivity index (χ0) is 25.1. The number of amides is 1. The van der Waals surface area contributed by atoms with Crippen molar-refractivity contribution in [2.75, 3.05) is 0 Å². The summed E-state index contributed by atoms with van der Waals surface area (Å²) in [5, 5.41) is 3.18. The molecule has 0 unspecified atom stereocenters. The average molecular weight is 478 g/mol. The fourth-order valence-electron chi connectivity index (χ4n) is 4.67. The minimum Gasteiger partial charge on any atom is -0.345 e. The standard InChI is InChI=1S/C31H28FN3O/c1-3-9-27(21-10-5-4-6-11-21)35-31(36)22-14-16-24(20(2)18-22)26-19-23(32)15-17-25(26)30-33-28-12-7-8-13-29(28)34-30/h4-8,10-19,27H,3,9H2,1-2H3,(H,33,34)(H,35,36)/t27-/m1/s1. The molecule has 0 aliphatic rings. The van der Waals surface area contributed by atoms with E-state index in [0.29, 0.717) is 11.4 Å². The van der Waals surface area contributed by atoms with E-state index in [0.717, 1.165) is 51.7 Å². The molecule has 0 saturated heterocycles. The molecule has 0 bridgehead atoms. The first-order chi connectivity index (χ1) is 17.5. The molecule has 0 radical (unpaired) electrons. The highest BCUT2D eigenvalue weighted by Crippen LogP contribution is 2.34. The van der Waals surface area contributed by atoms with E-state index in [9.17, 15) is 9.18 Å². The number of benzene rings is 4. The first-order valence-corrected chi connectivity index (χ1v) is 12.2. The molecule has 5 aromatic rings. The highest BCUT2D eigenvalue weighted by Gasteiger charge is 2.18. The van der Waals surface area contributed by atoms with Crippen molar-refractivity contribution in [3.63, 3.8) is 0 Å². The number of para-hydroxylation sites is 2. The lowest BCUT2D eigenvalue weighted by atomic mass is 9.93. The van der Waals surface area contributed by atoms with Crippen LogP contribution in [-0.4, -0.2) is 15.9 Å². The molecule has 180 valence electrons. The number of rotatable bonds is 7. The Hall–Kier alpha value is -4.25. The second-order valence-corrected chi connectivity index (χ2v) is 9.05. The lowest BCUT2D eigenvalue weighted by Gasteiger charge is -2.19. The molecule has 0 fully saturated rings. The monoisotopic (exact) mass is 477 g/mol. The third kappa shape index (κ3) is 4.78. The third-order valence-electron chi connectivity index (χ3n) is 6.49. The van der Waals surface area contributed by atoms with Crippen LogP contribution in [0.2, 0.25) is 0 Å². The van der Waals surface area contributed by atoms with Crippen molar-refractivity contribution in [1.29, 1.82) is 0 Å². The summed E-state index contributed by atoms with van der Waals surface area (Å²) in [6, 6.07) is 28.1. The summed E-state index contributed by atoms with van der Waals surface area (Å²) in [6.07, 6.45) is 1.82. The number of carbonyl (C=O) groups is 1. The van der Waals surface area contributed by atoms with E-state index in [1.165, 1.54) is 12.1 Å². The van der Waals surface area contributed by atoms with Crippen molar-refractivity contribution in [1.82, 2.24) is 15.3 Å². The summed E-state index contributed by atoms with van der Waals surface area (Å²) >= 11 is 0. The maximum absolute atomic E-state index is 14.4. The number of nitrogens with zero attached hydrogens (tertiary/aromatic N) is 1. The Labute approximate surface area is 210 Å². The molecule has 1 amide bonds. The zero-order valence-corrected chi connectivity index (χ0v) is 20.4. The highest BCUT2D eigenvalue weighted by atomic mass is 19.1. The van der Waals surface area contributed by atoms with Crippen molar-refractivity contribution in [2.45, 2.75) is 32.7 Å². The van der Waals surface area contributed by atoms with Gasteiger partial charge < -0.3 is 10.3 Å². The highest BCUT2D eigenvalue weighted by molar-refractivity contribution is 5.96. The fraction of sp³-hybridized carbons (Fsp3) is 0.161. The molecule has 0 aliphatic carbocycles. The van der Waals surface area contributed by atoms with E-state index < -0.39 is 0 Å². The SMILES string of the molecule is CCC[C@@H](NC(=O)c1ccc(-c2cc(F)ccc2-c2nc3ccccc3[nH]2)c(C)c1)c1ccccc1. The van der Waals surface area contributed by atoms with Crippen molar-refractivity contribution in [3.05, 3.63) is 114 Å². The molecule has 5 heteroatoms. The van der Waals surface area contributed by atoms with Crippen LogP contribution in [0.4, 0.5) is 4.39 Å². The summed E-state index contributed by atoms with van der Waals surface area (Å²) in [5.41, 5.74) is 6.73. The van der Waals surface area contributed by atoms with Crippen LogP contribution in [0.5, 0.6) is 0 Å². The number of aromatic amines is 1. The molecule has 0 aliphatic heterocycles. The largest absolute Gasteiger partial charge is 0.345 e. The van der Waals surface area contributed by atoms with Gasteiger partial charge in [-0.05, 0) is 78.1 Å². The Bertz CT molecular complexity index is 1490. The molecule has 5 rings (SSSR count). The Morgan fingerprint density at radius 2 is 1.67 bits per heavy atom. The minimum atomic E-state index is -0.323. The normalized spacial score (nSPS) is 12.0. The van der Waals surface area contributed by atoms with Gasteiger partial charge in [0.1, 0.15) is 11.6 Å². The predicted molar refractivity (Wildman–Crippen MR) is 143 cm³/mol. The number of fused-ring (bicyclic) bond motifs is 1. The van der Waals surface area contributed by atoms with Gasteiger partial charge in [0.05, 0.1) is 17.1 Å². The quantitative estimate of drug-likeness (QED) is 0.253. The van der Waals surface area contributed by atoms with Gasteiger partial charge in [0.15, 0.2) is 0 Å². The van der Waals surface area contributed by atoms with Gasteiger partial charge in [0.25, 0.3) is 5.91 Å². The Morgan fingerprint density at radius 1 is 0.917 bits per heavy atom. The topological polar surface area (TPSA) is 57.8 Å². The van der Waals surface area contributed by atoms with Gasteiger partial charge in [-0.25, -0.2) is 9.37 Å². The van der Waals surface area contributed by atoms with Crippen molar-refractivity contribution < 1.29 is 9.18 Å². The Kier molecular flexibility index (Phi) is 6.63. The summed E-state index contributed by atoms with van der Waals surface area (Å²) in [7, 11) is 0. The van der Waals surface area contributed by atoms with Crippen LogP contribution < -0.4 is 5.32 Å². The third-order valence-corrected chi connectivity index (χ3v) is 6.49. The number of aryl methyl sites for hydroxylation is 1. The summed E-state index contributed by atoms with van der Waals surface area (Å²) in [4.78, 5) is 21.2. The second kappa shape index (κ2) is 10.2. The molecular formula is C31H28FN3O. The van der Waals surface area contributed by atoms with Gasteiger partial charge in [-0.3, -0.25) is 4.79 Å². The first kappa shape index (κ1) is 23.5. The van der Waals surface area contributed by atoms with Crippen LogP contribution in [0.25, 0.3) is 33.5 Å². The lowest BCUT2D eigenvalue weighted by molar-refractivity contribution is 0.0934. The number of hydrogen-bond acceptors (Lipinski definition) is 2. The number of aromatic nitrogens is 2. The number of H-pyrrole nitrogens is 1. The van der Waals surface area contributed by atoms with Crippen molar-refractivity contribution in [3.8, 4) is 22.5 Å². The van der Waals surface area contributed by atoms with Crippen LogP contribution in [-0.2, 0) is 0 Å². The number of imidazole rings is 1. The molecule has 36 heavy (non-hydrogen) atoms. The molecule has 0 spiro atoms. The van der Waals surface area contributed by atoms with Gasteiger partial charge in [0, 0.05) is 11.1 Å². The number of hydrogen-bond donors (Lipinski definition) is 2. The number of halogens is 1. The molecule has 2 N–H and O–H groups in total. The molecule has 1 heterocycles. The lowest BCUT2D eigenvalue weighted by Crippen LogP contribution is -2.28. The van der Waals surface area contributed by atoms with E-state index in [1.807, 2.05) is 73.7 Å². The molecule has 4 aromatic carbocycles. The fourth-order valence-corrected chi connectivity index (χ4v) is 4.67. The molecule has 1 atom stereocenters. The van der Waals surface area contributed by atoms with E-state index in [4.69, 9.17) is 4.98 Å². The zero-order valence-electron chi connectivity index (χ0n) is 20.4. The molecular weight excluding hydrogens is 449 g/mol. The van der Waals surface area contributed by atoms with Crippen molar-refractivity contribution in [2.24, 2.45) is 0 Å². The summed E-state index contributed by atoms with van der Waals surface area (Å²) < 4.78 is 14.4. The van der Waals surface area contributed by atoms with Gasteiger partial charge in [-0.15, -0.1) is 0 Å². The molecule has 1 aromatic heterocycles. The van der Waals surface area contributed by atoms with Crippen LogP contribution in [0.3, 0.4) is 0 Å². The summed E-state index contributed by atoms with van der Waals surface area (Å²) in [6.45, 7) is 4.06. The van der Waals surface area contributed by atoms with Gasteiger partial charge >= 0.3 is 0 Å². The van der Waals surface area contributed by atoms with E-state index >= 15 is 0 Å². The Balaban J connectivity index is 1.47. The van der Waals surface area contributed by atoms with E-state index in [1.54, 1.807) is 12.1 Å². The summed E-state index contributed by atoms with van der Waals surface area (Å²) in [5.74, 6) is 0.234. The predicted octanol–water partition coefficient (Wildman–Crippen LogP) is 7.62. The second-order valence-electron chi connectivity index (χ2n) is 9.05. The maximum Gasteiger partial charge on any atom is 0.251 e. The van der Waals surface area contributed by atoms with Crippen molar-refractivity contribution >= 4 is 16.9 Å². The number of carbonyl (C=O) groups excluding carboxylic acids is 1.